The molecule has 0 fully saturated rings. The van der Waals surface area contributed by atoms with Gasteiger partial charge in [-0.25, -0.2) is 8.42 Å². The first-order chi connectivity index (χ1) is 18.4. The molecule has 0 saturated carbocycles. The van der Waals surface area contributed by atoms with Gasteiger partial charge >= 0.3 is 0 Å². The summed E-state index contributed by atoms with van der Waals surface area (Å²) in [6.07, 6.45) is 0.705. The van der Waals surface area contributed by atoms with Crippen molar-refractivity contribution in [2.45, 2.75) is 50.7 Å². The van der Waals surface area contributed by atoms with E-state index >= 15 is 0 Å². The fourth-order valence-corrected chi connectivity index (χ4v) is 5.75. The number of amides is 2. The molecule has 0 radical (unpaired) electrons. The van der Waals surface area contributed by atoms with Crippen LogP contribution in [0.2, 0.25) is 15.1 Å². The summed E-state index contributed by atoms with van der Waals surface area (Å²) in [5.41, 5.74) is 0.853. The third kappa shape index (κ3) is 7.88. The normalized spacial score (nSPS) is 12.9. The van der Waals surface area contributed by atoms with E-state index in [1.54, 1.807) is 55.5 Å². The summed E-state index contributed by atoms with van der Waals surface area (Å²) in [6.45, 7) is 4.81. The largest absolute Gasteiger partial charge is 0.352 e. The van der Waals surface area contributed by atoms with Crippen molar-refractivity contribution in [2.75, 3.05) is 10.8 Å². The van der Waals surface area contributed by atoms with Gasteiger partial charge in [-0.2, -0.15) is 0 Å². The van der Waals surface area contributed by atoms with Crippen molar-refractivity contribution in [1.29, 1.82) is 0 Å². The summed E-state index contributed by atoms with van der Waals surface area (Å²) in [7, 11) is -4.17. The van der Waals surface area contributed by atoms with Gasteiger partial charge < -0.3 is 10.2 Å². The fourth-order valence-electron chi connectivity index (χ4n) is 3.74. The van der Waals surface area contributed by atoms with E-state index in [4.69, 9.17) is 34.8 Å². The molecule has 7 nitrogen and oxygen atoms in total. The Kier molecular flexibility index (Phi) is 10.7. The second-order valence-corrected chi connectivity index (χ2v) is 12.2. The van der Waals surface area contributed by atoms with Crippen molar-refractivity contribution in [2.24, 2.45) is 0 Å². The zero-order valence-electron chi connectivity index (χ0n) is 21.8. The molecule has 1 N–H and O–H groups in total. The van der Waals surface area contributed by atoms with Gasteiger partial charge in [0, 0.05) is 27.7 Å². The minimum atomic E-state index is -4.17. The number of hydrogen-bond donors (Lipinski definition) is 1. The summed E-state index contributed by atoms with van der Waals surface area (Å²) in [4.78, 5) is 28.3. The van der Waals surface area contributed by atoms with Crippen LogP contribution < -0.4 is 9.62 Å². The topological polar surface area (TPSA) is 86.8 Å². The number of halogens is 3. The van der Waals surface area contributed by atoms with Gasteiger partial charge in [-0.15, -0.1) is 0 Å². The van der Waals surface area contributed by atoms with Gasteiger partial charge in [-0.1, -0.05) is 66.0 Å². The number of para-hydroxylation sites is 1. The highest BCUT2D eigenvalue weighted by atomic mass is 35.5. The Morgan fingerprint density at radius 2 is 1.51 bits per heavy atom. The number of nitrogens with zero attached hydrogens (tertiary/aromatic N) is 2. The van der Waals surface area contributed by atoms with Crippen LogP contribution in [-0.4, -0.2) is 43.8 Å². The van der Waals surface area contributed by atoms with Crippen molar-refractivity contribution >= 4 is 62.3 Å². The lowest BCUT2D eigenvalue weighted by molar-refractivity contribution is -0.139. The van der Waals surface area contributed by atoms with Gasteiger partial charge in [-0.3, -0.25) is 13.9 Å². The summed E-state index contributed by atoms with van der Waals surface area (Å²) < 4.78 is 28.5. The zero-order valence-corrected chi connectivity index (χ0v) is 24.9. The van der Waals surface area contributed by atoms with Crippen molar-refractivity contribution in [1.82, 2.24) is 10.2 Å². The van der Waals surface area contributed by atoms with Gasteiger partial charge in [0.2, 0.25) is 11.8 Å². The number of rotatable bonds is 11. The number of hydrogen-bond acceptors (Lipinski definition) is 4. The molecule has 0 aliphatic rings. The Labute approximate surface area is 244 Å². The molecule has 3 rings (SSSR count). The second-order valence-electron chi connectivity index (χ2n) is 9.05. The summed E-state index contributed by atoms with van der Waals surface area (Å²) in [6, 6.07) is 17.8. The van der Waals surface area contributed by atoms with E-state index in [0.717, 1.165) is 4.31 Å². The molecule has 39 heavy (non-hydrogen) atoms. The Hall–Kier alpha value is -2.78. The predicted molar refractivity (Wildman–Crippen MR) is 157 cm³/mol. The SMILES string of the molecule is CCC(C)NC(=O)C(C)N(Cc1ccc(Cl)cc1Cl)C(=O)CN(c1ccccc1)S(=O)(=O)c1ccc(Cl)cc1. The maximum atomic E-state index is 13.9. The Balaban J connectivity index is 2.02. The molecule has 11 heteroatoms. The van der Waals surface area contributed by atoms with Crippen molar-refractivity contribution in [3.05, 3.63) is 93.4 Å². The molecule has 2 unspecified atom stereocenters. The van der Waals surface area contributed by atoms with E-state index in [1.165, 1.54) is 29.2 Å². The minimum absolute atomic E-state index is 0.0292. The van der Waals surface area contributed by atoms with Crippen LogP contribution in [0.25, 0.3) is 0 Å². The van der Waals surface area contributed by atoms with Crippen LogP contribution >= 0.6 is 34.8 Å². The molecule has 0 saturated heterocycles. The highest BCUT2D eigenvalue weighted by Gasteiger charge is 2.33. The maximum Gasteiger partial charge on any atom is 0.264 e. The molecule has 0 aliphatic carbocycles. The summed E-state index contributed by atoms with van der Waals surface area (Å²) in [5.74, 6) is -0.955. The van der Waals surface area contributed by atoms with Gasteiger partial charge in [0.1, 0.15) is 12.6 Å². The highest BCUT2D eigenvalue weighted by molar-refractivity contribution is 7.92. The third-order valence-corrected chi connectivity index (χ3v) is 8.88. The number of carbonyl (C=O) groups is 2. The number of benzene rings is 3. The predicted octanol–water partition coefficient (Wildman–Crippen LogP) is 6.17. The number of nitrogens with one attached hydrogen (secondary N) is 1. The summed E-state index contributed by atoms with van der Waals surface area (Å²) >= 11 is 18.4. The minimum Gasteiger partial charge on any atom is -0.352 e. The lowest BCUT2D eigenvalue weighted by atomic mass is 10.1. The van der Waals surface area contributed by atoms with Crippen molar-refractivity contribution < 1.29 is 18.0 Å². The molecule has 0 spiro atoms. The standard InChI is InChI=1S/C28H30Cl3N3O4S/c1-4-19(2)32-28(36)20(3)33(17-21-10-11-23(30)16-26(21)31)27(35)18-34(24-8-6-5-7-9-24)39(37,38)25-14-12-22(29)13-15-25/h5-16,19-20H,4,17-18H2,1-3H3,(H,32,36). The Morgan fingerprint density at radius 3 is 2.10 bits per heavy atom. The smallest absolute Gasteiger partial charge is 0.264 e. The average molecular weight is 611 g/mol. The van der Waals surface area contributed by atoms with Gasteiger partial charge in [-0.05, 0) is 74.4 Å². The molecule has 208 valence electrons. The van der Waals surface area contributed by atoms with Gasteiger partial charge in [0.15, 0.2) is 0 Å². The quantitative estimate of drug-likeness (QED) is 0.281. The van der Waals surface area contributed by atoms with E-state index < -0.39 is 28.5 Å². The highest BCUT2D eigenvalue weighted by Crippen LogP contribution is 2.27. The first-order valence-electron chi connectivity index (χ1n) is 12.3. The average Bonchev–Trinajstić information content (AvgIpc) is 2.91. The van der Waals surface area contributed by atoms with Gasteiger partial charge in [0.25, 0.3) is 10.0 Å². The van der Waals surface area contributed by atoms with E-state index in [1.807, 2.05) is 13.8 Å². The number of sulfonamides is 1. The Morgan fingerprint density at radius 1 is 0.897 bits per heavy atom. The van der Waals surface area contributed by atoms with Crippen LogP contribution in [0.1, 0.15) is 32.8 Å². The van der Waals surface area contributed by atoms with Crippen LogP contribution in [0.15, 0.2) is 77.7 Å². The van der Waals surface area contributed by atoms with E-state index in [-0.39, 0.29) is 23.4 Å². The molecular formula is C28H30Cl3N3O4S. The van der Waals surface area contributed by atoms with E-state index in [0.29, 0.717) is 32.7 Å². The van der Waals surface area contributed by atoms with Crippen LogP contribution in [0, 0.1) is 0 Å². The molecule has 0 heterocycles. The lowest BCUT2D eigenvalue weighted by Crippen LogP contribution is -2.52. The van der Waals surface area contributed by atoms with Crippen LogP contribution in [-0.2, 0) is 26.2 Å². The second kappa shape index (κ2) is 13.5. The van der Waals surface area contributed by atoms with Crippen molar-refractivity contribution in [3.8, 4) is 0 Å². The molecule has 0 bridgehead atoms. The molecular weight excluding hydrogens is 581 g/mol. The van der Waals surface area contributed by atoms with Gasteiger partial charge in [0.05, 0.1) is 10.6 Å². The molecule has 0 aromatic heterocycles. The maximum absolute atomic E-state index is 13.9. The fraction of sp³-hybridized carbons (Fsp3) is 0.286. The number of carbonyl (C=O) groups excluding carboxylic acids is 2. The molecule has 2 amide bonds. The van der Waals surface area contributed by atoms with E-state index in [2.05, 4.69) is 5.32 Å². The van der Waals surface area contributed by atoms with Crippen molar-refractivity contribution in [3.63, 3.8) is 0 Å². The van der Waals surface area contributed by atoms with Crippen LogP contribution in [0.5, 0.6) is 0 Å². The molecule has 3 aromatic rings. The Bertz CT molecular complexity index is 1400. The van der Waals surface area contributed by atoms with E-state index in [9.17, 15) is 18.0 Å². The first kappa shape index (κ1) is 30.8. The third-order valence-electron chi connectivity index (χ3n) is 6.25. The monoisotopic (exact) mass is 609 g/mol. The molecule has 2 atom stereocenters. The lowest BCUT2D eigenvalue weighted by Gasteiger charge is -2.32. The first-order valence-corrected chi connectivity index (χ1v) is 14.9. The van der Waals surface area contributed by atoms with Crippen LogP contribution in [0.4, 0.5) is 5.69 Å². The zero-order chi connectivity index (χ0) is 28.7. The van der Waals surface area contributed by atoms with Crippen LogP contribution in [0.3, 0.4) is 0 Å². The molecule has 0 aliphatic heterocycles. The number of anilines is 1. The summed E-state index contributed by atoms with van der Waals surface area (Å²) in [5, 5.41) is 4.01. The molecule has 3 aromatic carbocycles.